The van der Waals surface area contributed by atoms with E-state index in [4.69, 9.17) is 4.74 Å². The van der Waals surface area contributed by atoms with Gasteiger partial charge in [-0.2, -0.15) is 0 Å². The molecule has 7 nitrogen and oxygen atoms in total. The van der Waals surface area contributed by atoms with Crippen molar-refractivity contribution in [2.45, 2.75) is 26.2 Å². The Morgan fingerprint density at radius 3 is 2.72 bits per heavy atom. The van der Waals surface area contributed by atoms with Crippen LogP contribution in [0.4, 0.5) is 0 Å². The number of hydrogen-bond donors (Lipinski definition) is 3. The molecule has 1 aliphatic rings. The van der Waals surface area contributed by atoms with Gasteiger partial charge >= 0.3 is 0 Å². The average Bonchev–Trinajstić information content (AvgIpc) is 3.15. The number of carbonyl (C=O) groups excluding carboxylic acids is 1. The number of carbonyl (C=O) groups is 1. The summed E-state index contributed by atoms with van der Waals surface area (Å²) in [4.78, 5) is 18.3. The number of ether oxygens (including phenoxy) is 1. The molecule has 1 amide bonds. The maximum absolute atomic E-state index is 12.1. The predicted octanol–water partition coefficient (Wildman–Crippen LogP) is 1.12. The normalized spacial score (nSPS) is 14.5. The average molecular weight is 348 g/mol. The van der Waals surface area contributed by atoms with E-state index < -0.39 is 0 Å². The molecule has 3 N–H and O–H groups in total. The standard InChI is InChI=1S/C18H28N4O3/c1-3-19-18(21-13-17(24)22-10-4-5-11-22)20-9-8-14-6-7-15(25-2)12-16(14)23/h6-7,12,23H,3-5,8-11,13H2,1-2H3,(H2,19,20,21). The number of benzene rings is 1. The summed E-state index contributed by atoms with van der Waals surface area (Å²) in [6.45, 7) is 5.14. The zero-order chi connectivity index (χ0) is 18.1. The highest BCUT2D eigenvalue weighted by Crippen LogP contribution is 2.23. The number of nitrogens with one attached hydrogen (secondary N) is 2. The number of guanidine groups is 1. The van der Waals surface area contributed by atoms with E-state index in [-0.39, 0.29) is 18.2 Å². The molecule has 2 rings (SSSR count). The number of aliphatic imine (C=N–C) groups is 1. The van der Waals surface area contributed by atoms with Crippen LogP contribution in [0.15, 0.2) is 23.2 Å². The number of aromatic hydroxyl groups is 1. The highest BCUT2D eigenvalue weighted by molar-refractivity contribution is 5.85. The number of hydrogen-bond acceptors (Lipinski definition) is 4. The molecule has 1 saturated heterocycles. The van der Waals surface area contributed by atoms with Crippen molar-refractivity contribution in [3.63, 3.8) is 0 Å². The molecule has 0 atom stereocenters. The maximum atomic E-state index is 12.1. The van der Waals surface area contributed by atoms with Gasteiger partial charge in [0.05, 0.1) is 7.11 Å². The quantitative estimate of drug-likeness (QED) is 0.508. The van der Waals surface area contributed by atoms with E-state index in [9.17, 15) is 9.90 Å². The van der Waals surface area contributed by atoms with Crippen LogP contribution in [0.25, 0.3) is 0 Å². The Balaban J connectivity index is 1.84. The second-order valence-corrected chi connectivity index (χ2v) is 5.95. The third-order valence-corrected chi connectivity index (χ3v) is 4.15. The topological polar surface area (TPSA) is 86.2 Å². The predicted molar refractivity (Wildman–Crippen MR) is 98.2 cm³/mol. The first-order chi connectivity index (χ1) is 12.1. The van der Waals surface area contributed by atoms with Crippen molar-refractivity contribution in [1.29, 1.82) is 0 Å². The molecule has 0 saturated carbocycles. The Morgan fingerprint density at radius 2 is 2.08 bits per heavy atom. The molecular formula is C18H28N4O3. The summed E-state index contributed by atoms with van der Waals surface area (Å²) < 4.78 is 5.08. The molecule has 0 bridgehead atoms. The molecule has 0 aromatic heterocycles. The van der Waals surface area contributed by atoms with Gasteiger partial charge < -0.3 is 25.4 Å². The zero-order valence-corrected chi connectivity index (χ0v) is 15.0. The Morgan fingerprint density at radius 1 is 1.32 bits per heavy atom. The fraction of sp³-hybridized carbons (Fsp3) is 0.556. The van der Waals surface area contributed by atoms with Crippen LogP contribution >= 0.6 is 0 Å². The van der Waals surface area contributed by atoms with Crippen LogP contribution in [0.1, 0.15) is 25.3 Å². The Labute approximate surface area is 149 Å². The molecule has 0 aliphatic carbocycles. The Kier molecular flexibility index (Phi) is 7.37. The summed E-state index contributed by atoms with van der Waals surface area (Å²) in [5, 5.41) is 16.3. The van der Waals surface area contributed by atoms with Crippen molar-refractivity contribution in [3.8, 4) is 11.5 Å². The van der Waals surface area contributed by atoms with Gasteiger partial charge in [0.2, 0.25) is 5.91 Å². The van der Waals surface area contributed by atoms with E-state index >= 15 is 0 Å². The summed E-state index contributed by atoms with van der Waals surface area (Å²) in [5.74, 6) is 1.53. The zero-order valence-electron chi connectivity index (χ0n) is 15.0. The molecule has 1 aromatic rings. The monoisotopic (exact) mass is 348 g/mol. The Bertz CT molecular complexity index is 598. The summed E-state index contributed by atoms with van der Waals surface area (Å²) in [6, 6.07) is 5.27. The van der Waals surface area contributed by atoms with Crippen molar-refractivity contribution >= 4 is 11.9 Å². The molecule has 138 valence electrons. The van der Waals surface area contributed by atoms with Crippen LogP contribution in [0.5, 0.6) is 11.5 Å². The van der Waals surface area contributed by atoms with Gasteiger partial charge in [0.15, 0.2) is 5.96 Å². The summed E-state index contributed by atoms with van der Waals surface area (Å²) in [5.41, 5.74) is 0.831. The van der Waals surface area contributed by atoms with Gasteiger partial charge in [-0.1, -0.05) is 6.07 Å². The first-order valence-electron chi connectivity index (χ1n) is 8.80. The molecule has 1 aliphatic heterocycles. The van der Waals surface area contributed by atoms with Gasteiger partial charge in [-0.25, -0.2) is 4.99 Å². The lowest BCUT2D eigenvalue weighted by molar-refractivity contribution is -0.128. The second-order valence-electron chi connectivity index (χ2n) is 5.95. The minimum absolute atomic E-state index is 0.0718. The molecule has 0 unspecified atom stereocenters. The lowest BCUT2D eigenvalue weighted by Gasteiger charge is -2.15. The Hall–Kier alpha value is -2.44. The van der Waals surface area contributed by atoms with Crippen LogP contribution < -0.4 is 15.4 Å². The molecular weight excluding hydrogens is 320 g/mol. The summed E-state index contributed by atoms with van der Waals surface area (Å²) in [6.07, 6.45) is 2.80. The van der Waals surface area contributed by atoms with Gasteiger partial charge in [-0.15, -0.1) is 0 Å². The van der Waals surface area contributed by atoms with Crippen LogP contribution in [0, 0.1) is 0 Å². The smallest absolute Gasteiger partial charge is 0.244 e. The SMILES string of the molecule is CCNC(=NCC(=O)N1CCCC1)NCCc1ccc(OC)cc1O. The fourth-order valence-corrected chi connectivity index (χ4v) is 2.75. The molecule has 1 heterocycles. The number of phenolic OH excluding ortho intramolecular Hbond substituents is 1. The number of amides is 1. The van der Waals surface area contributed by atoms with Gasteiger partial charge in [0.25, 0.3) is 0 Å². The number of methoxy groups -OCH3 is 1. The van der Waals surface area contributed by atoms with E-state index in [1.165, 1.54) is 0 Å². The number of likely N-dealkylation sites (tertiary alicyclic amines) is 1. The third-order valence-electron chi connectivity index (χ3n) is 4.15. The number of phenols is 1. The van der Waals surface area contributed by atoms with Crippen molar-refractivity contribution in [2.75, 3.05) is 39.8 Å². The largest absolute Gasteiger partial charge is 0.508 e. The van der Waals surface area contributed by atoms with E-state index in [1.54, 1.807) is 13.2 Å². The minimum atomic E-state index is 0.0718. The highest BCUT2D eigenvalue weighted by Gasteiger charge is 2.17. The molecule has 0 spiro atoms. The van der Waals surface area contributed by atoms with Crippen LogP contribution in [-0.2, 0) is 11.2 Å². The van der Waals surface area contributed by atoms with E-state index in [2.05, 4.69) is 15.6 Å². The van der Waals surface area contributed by atoms with E-state index in [1.807, 2.05) is 24.0 Å². The van der Waals surface area contributed by atoms with Crippen LogP contribution in [-0.4, -0.2) is 61.7 Å². The van der Waals surface area contributed by atoms with Crippen molar-refractivity contribution in [1.82, 2.24) is 15.5 Å². The maximum Gasteiger partial charge on any atom is 0.244 e. The first-order valence-corrected chi connectivity index (χ1v) is 8.80. The van der Waals surface area contributed by atoms with Gasteiger partial charge in [0.1, 0.15) is 18.0 Å². The highest BCUT2D eigenvalue weighted by atomic mass is 16.5. The molecule has 25 heavy (non-hydrogen) atoms. The second kappa shape index (κ2) is 9.76. The third kappa shape index (κ3) is 5.85. The summed E-state index contributed by atoms with van der Waals surface area (Å²) >= 11 is 0. The van der Waals surface area contributed by atoms with Crippen molar-refractivity contribution in [2.24, 2.45) is 4.99 Å². The van der Waals surface area contributed by atoms with Crippen LogP contribution in [0.3, 0.4) is 0 Å². The molecule has 7 heteroatoms. The number of nitrogens with zero attached hydrogens (tertiary/aromatic N) is 2. The lowest BCUT2D eigenvalue weighted by Crippen LogP contribution is -2.39. The molecule has 1 aromatic carbocycles. The molecule has 1 fully saturated rings. The lowest BCUT2D eigenvalue weighted by atomic mass is 10.1. The van der Waals surface area contributed by atoms with E-state index in [0.29, 0.717) is 24.7 Å². The van der Waals surface area contributed by atoms with Gasteiger partial charge in [-0.05, 0) is 37.8 Å². The summed E-state index contributed by atoms with van der Waals surface area (Å²) in [7, 11) is 1.57. The minimum Gasteiger partial charge on any atom is -0.508 e. The first kappa shape index (κ1) is 18.9. The van der Waals surface area contributed by atoms with Gasteiger partial charge in [-0.3, -0.25) is 4.79 Å². The van der Waals surface area contributed by atoms with Gasteiger partial charge in [0, 0.05) is 32.2 Å². The van der Waals surface area contributed by atoms with Crippen molar-refractivity contribution < 1.29 is 14.6 Å². The molecule has 0 radical (unpaired) electrons. The van der Waals surface area contributed by atoms with Crippen LogP contribution in [0.2, 0.25) is 0 Å². The van der Waals surface area contributed by atoms with E-state index in [0.717, 1.165) is 38.0 Å². The number of rotatable bonds is 7. The van der Waals surface area contributed by atoms with Crippen molar-refractivity contribution in [3.05, 3.63) is 23.8 Å². The fourth-order valence-electron chi connectivity index (χ4n) is 2.75.